The lowest BCUT2D eigenvalue weighted by atomic mass is 10.1. The van der Waals surface area contributed by atoms with Gasteiger partial charge >= 0.3 is 10.1 Å². The third-order valence-electron chi connectivity index (χ3n) is 3.71. The zero-order valence-corrected chi connectivity index (χ0v) is 14.1. The normalized spacial score (nSPS) is 11.3. The molecule has 2 rings (SSSR count). The Bertz CT molecular complexity index is 888. The number of hydrogen-bond acceptors (Lipinski definition) is 5. The second-order valence-electron chi connectivity index (χ2n) is 5.40. The summed E-state index contributed by atoms with van der Waals surface area (Å²) in [5, 5.41) is 10.8. The smallest absolute Gasteiger partial charge is 0.339 e. The fourth-order valence-corrected chi connectivity index (χ4v) is 3.49. The highest BCUT2D eigenvalue weighted by atomic mass is 32.2. The van der Waals surface area contributed by atoms with E-state index in [1.807, 2.05) is 13.0 Å². The number of nitro groups is 1. The van der Waals surface area contributed by atoms with Crippen LogP contribution in [-0.2, 0) is 10.1 Å². The molecule has 0 radical (unpaired) electrons. The van der Waals surface area contributed by atoms with E-state index in [0.717, 1.165) is 17.2 Å². The first kappa shape index (κ1) is 17.0. The Morgan fingerprint density at radius 1 is 0.957 bits per heavy atom. The molecular weight excluding hydrogens is 318 g/mol. The van der Waals surface area contributed by atoms with Gasteiger partial charge in [0.05, 0.1) is 4.92 Å². The molecule has 0 aliphatic heterocycles. The first-order valence-electron chi connectivity index (χ1n) is 6.90. The predicted octanol–water partition coefficient (Wildman–Crippen LogP) is 3.60. The summed E-state index contributed by atoms with van der Waals surface area (Å²) >= 11 is 0. The zero-order chi connectivity index (χ0) is 17.4. The average Bonchev–Trinajstić information content (AvgIpc) is 2.47. The molecule has 0 heterocycles. The van der Waals surface area contributed by atoms with Gasteiger partial charge in [-0.25, -0.2) is 0 Å². The lowest BCUT2D eigenvalue weighted by Gasteiger charge is -2.14. The van der Waals surface area contributed by atoms with Crippen LogP contribution in [0, 0.1) is 37.8 Å². The molecule has 6 nitrogen and oxygen atoms in total. The van der Waals surface area contributed by atoms with Gasteiger partial charge in [-0.2, -0.15) is 8.42 Å². The van der Waals surface area contributed by atoms with Gasteiger partial charge < -0.3 is 4.18 Å². The van der Waals surface area contributed by atoms with Gasteiger partial charge in [0.2, 0.25) is 0 Å². The second-order valence-corrected chi connectivity index (χ2v) is 6.91. The van der Waals surface area contributed by atoms with E-state index in [0.29, 0.717) is 11.3 Å². The van der Waals surface area contributed by atoms with Crippen molar-refractivity contribution in [2.75, 3.05) is 0 Å². The summed E-state index contributed by atoms with van der Waals surface area (Å²) in [6.45, 7) is 6.92. The molecule has 122 valence electrons. The maximum Gasteiger partial charge on any atom is 0.339 e. The highest BCUT2D eigenvalue weighted by molar-refractivity contribution is 7.87. The van der Waals surface area contributed by atoms with Crippen molar-refractivity contribution in [1.82, 2.24) is 0 Å². The highest BCUT2D eigenvalue weighted by Gasteiger charge is 2.23. The molecule has 0 atom stereocenters. The van der Waals surface area contributed by atoms with Crippen molar-refractivity contribution in [2.24, 2.45) is 0 Å². The molecule has 0 unspecified atom stereocenters. The van der Waals surface area contributed by atoms with Crippen LogP contribution in [0.25, 0.3) is 0 Å². The van der Waals surface area contributed by atoms with Crippen LogP contribution in [-0.4, -0.2) is 13.3 Å². The van der Waals surface area contributed by atoms with Crippen molar-refractivity contribution in [1.29, 1.82) is 0 Å². The minimum Gasteiger partial charge on any atom is -0.378 e. The molecule has 23 heavy (non-hydrogen) atoms. The topological polar surface area (TPSA) is 86.5 Å². The lowest BCUT2D eigenvalue weighted by Crippen LogP contribution is -2.13. The molecule has 0 N–H and O–H groups in total. The van der Waals surface area contributed by atoms with Gasteiger partial charge in [-0.15, -0.1) is 0 Å². The third-order valence-corrected chi connectivity index (χ3v) is 5.09. The Balaban J connectivity index is 2.49. The molecule has 0 fully saturated rings. The van der Waals surface area contributed by atoms with Gasteiger partial charge in [-0.3, -0.25) is 10.1 Å². The van der Waals surface area contributed by atoms with E-state index in [-0.39, 0.29) is 16.1 Å². The summed E-state index contributed by atoms with van der Waals surface area (Å²) < 4.78 is 30.4. The van der Waals surface area contributed by atoms with Gasteiger partial charge in [-0.05, 0) is 56.0 Å². The van der Waals surface area contributed by atoms with E-state index < -0.39 is 15.0 Å². The van der Waals surface area contributed by atoms with E-state index in [1.165, 1.54) is 19.1 Å². The Kier molecular flexibility index (Phi) is 4.42. The van der Waals surface area contributed by atoms with Crippen LogP contribution >= 0.6 is 0 Å². The Morgan fingerprint density at radius 3 is 2.13 bits per heavy atom. The molecular formula is C16H17NO5S. The van der Waals surface area contributed by atoms with Crippen molar-refractivity contribution < 1.29 is 17.5 Å². The molecule has 0 bridgehead atoms. The van der Waals surface area contributed by atoms with Crippen LogP contribution < -0.4 is 4.18 Å². The summed E-state index contributed by atoms with van der Waals surface area (Å²) in [7, 11) is -4.07. The van der Waals surface area contributed by atoms with Gasteiger partial charge in [0, 0.05) is 12.1 Å². The number of aryl methyl sites for hydroxylation is 3. The van der Waals surface area contributed by atoms with E-state index in [1.54, 1.807) is 19.9 Å². The lowest BCUT2D eigenvalue weighted by molar-refractivity contribution is -0.385. The quantitative estimate of drug-likeness (QED) is 0.484. The van der Waals surface area contributed by atoms with Gasteiger partial charge in [0.25, 0.3) is 5.69 Å². The minimum absolute atomic E-state index is 0.0802. The molecule has 0 spiro atoms. The highest BCUT2D eigenvalue weighted by Crippen LogP contribution is 2.30. The van der Waals surface area contributed by atoms with Crippen LogP contribution in [0.1, 0.15) is 22.3 Å². The van der Waals surface area contributed by atoms with Crippen molar-refractivity contribution in [3.63, 3.8) is 0 Å². The van der Waals surface area contributed by atoms with E-state index in [2.05, 4.69) is 0 Å². The number of hydrogen-bond donors (Lipinski definition) is 0. The van der Waals surface area contributed by atoms with Gasteiger partial charge in [-0.1, -0.05) is 12.1 Å². The first-order chi connectivity index (χ1) is 10.6. The molecule has 0 aliphatic rings. The van der Waals surface area contributed by atoms with E-state index in [4.69, 9.17) is 4.18 Å². The Hall–Kier alpha value is -2.41. The summed E-state index contributed by atoms with van der Waals surface area (Å²) in [4.78, 5) is 10.1. The molecule has 0 saturated carbocycles. The number of nitrogens with zero attached hydrogens (tertiary/aromatic N) is 1. The van der Waals surface area contributed by atoms with Crippen LogP contribution in [0.15, 0.2) is 35.2 Å². The minimum atomic E-state index is -4.07. The Morgan fingerprint density at radius 2 is 1.57 bits per heavy atom. The molecule has 0 aliphatic carbocycles. The van der Waals surface area contributed by atoms with Crippen LogP contribution in [0.4, 0.5) is 5.69 Å². The van der Waals surface area contributed by atoms with Crippen molar-refractivity contribution in [2.45, 2.75) is 32.6 Å². The Labute approximate surface area is 135 Å². The first-order valence-corrected chi connectivity index (χ1v) is 8.30. The van der Waals surface area contributed by atoms with Crippen molar-refractivity contribution in [3.05, 3.63) is 62.7 Å². The number of benzene rings is 2. The van der Waals surface area contributed by atoms with E-state index >= 15 is 0 Å². The van der Waals surface area contributed by atoms with Gasteiger partial charge in [0.15, 0.2) is 0 Å². The summed E-state index contributed by atoms with van der Waals surface area (Å²) in [6, 6.07) is 7.24. The SMILES string of the molecule is Cc1cc([N+](=O)[O-])ccc1S(=O)(=O)Oc1c(C)ccc(C)c1C. The third kappa shape index (κ3) is 3.34. The molecule has 0 amide bonds. The summed E-state index contributed by atoms with van der Waals surface area (Å²) in [5.74, 6) is 0.294. The number of rotatable bonds is 4. The van der Waals surface area contributed by atoms with Crippen molar-refractivity contribution >= 4 is 15.8 Å². The summed E-state index contributed by atoms with van der Waals surface area (Å²) in [6.07, 6.45) is 0. The summed E-state index contributed by atoms with van der Waals surface area (Å²) in [5.41, 5.74) is 2.47. The molecule has 0 aromatic heterocycles. The molecule has 7 heteroatoms. The molecule has 2 aromatic carbocycles. The number of non-ortho nitro benzene ring substituents is 1. The second kappa shape index (κ2) is 6.00. The zero-order valence-electron chi connectivity index (χ0n) is 13.3. The number of nitro benzene ring substituents is 1. The fourth-order valence-electron chi connectivity index (χ4n) is 2.24. The maximum absolute atomic E-state index is 12.5. The largest absolute Gasteiger partial charge is 0.378 e. The standard InChI is InChI=1S/C16H17NO5S/c1-10-5-6-11(2)16(13(10)4)22-23(20,21)15-8-7-14(17(18)19)9-12(15)3/h5-9H,1-4H3. The fraction of sp³-hybridized carbons (Fsp3) is 0.250. The monoisotopic (exact) mass is 335 g/mol. The van der Waals surface area contributed by atoms with Crippen molar-refractivity contribution in [3.8, 4) is 5.75 Å². The van der Waals surface area contributed by atoms with Crippen LogP contribution in [0.2, 0.25) is 0 Å². The van der Waals surface area contributed by atoms with Crippen LogP contribution in [0.5, 0.6) is 5.75 Å². The molecule has 2 aromatic rings. The predicted molar refractivity (Wildman–Crippen MR) is 86.3 cm³/mol. The van der Waals surface area contributed by atoms with Gasteiger partial charge in [0.1, 0.15) is 10.6 Å². The maximum atomic E-state index is 12.5. The van der Waals surface area contributed by atoms with Crippen LogP contribution in [0.3, 0.4) is 0 Å². The van der Waals surface area contributed by atoms with E-state index in [9.17, 15) is 18.5 Å². The average molecular weight is 335 g/mol. The molecule has 0 saturated heterocycles.